The van der Waals surface area contributed by atoms with E-state index in [1.165, 1.54) is 8.82 Å². The molecule has 0 amide bonds. The molecule has 0 N–H and O–H groups in total. The van der Waals surface area contributed by atoms with Crippen molar-refractivity contribution in [1.82, 2.24) is 13.9 Å². The Kier molecular flexibility index (Phi) is 3.28. The van der Waals surface area contributed by atoms with Gasteiger partial charge in [-0.2, -0.15) is 9.40 Å². The van der Waals surface area contributed by atoms with Gasteiger partial charge in [0.25, 0.3) is 10.0 Å². The minimum Gasteiger partial charge on any atom is -0.379 e. The Balaban J connectivity index is 2.15. The van der Waals surface area contributed by atoms with Crippen LogP contribution in [0.5, 0.6) is 0 Å². The number of hydrogen-bond donors (Lipinski definition) is 0. The molecule has 2 aromatic rings. The van der Waals surface area contributed by atoms with Gasteiger partial charge >= 0.3 is 0 Å². The van der Waals surface area contributed by atoms with Gasteiger partial charge in [-0.15, -0.1) is 0 Å². The van der Waals surface area contributed by atoms with Crippen LogP contribution in [0.3, 0.4) is 0 Å². The van der Waals surface area contributed by atoms with E-state index in [4.69, 9.17) is 4.74 Å². The minimum absolute atomic E-state index is 0.0945. The highest BCUT2D eigenvalue weighted by molar-refractivity contribution is 7.89. The molecule has 0 aliphatic carbocycles. The van der Waals surface area contributed by atoms with Crippen molar-refractivity contribution in [2.24, 2.45) is 0 Å². The van der Waals surface area contributed by atoms with Gasteiger partial charge in [0.1, 0.15) is 0 Å². The fraction of sp³-hybridized carbons (Fsp3) is 0.333. The number of pyridine rings is 1. The van der Waals surface area contributed by atoms with Crippen LogP contribution < -0.4 is 0 Å². The van der Waals surface area contributed by atoms with Crippen molar-refractivity contribution in [2.75, 3.05) is 26.3 Å². The molecule has 0 aromatic carbocycles. The lowest BCUT2D eigenvalue weighted by molar-refractivity contribution is 0.0729. The van der Waals surface area contributed by atoms with Gasteiger partial charge in [-0.1, -0.05) is 6.07 Å². The zero-order valence-corrected chi connectivity index (χ0v) is 11.4. The molecule has 0 unspecified atom stereocenters. The third-order valence-corrected chi connectivity index (χ3v) is 5.05. The first-order valence-corrected chi connectivity index (χ1v) is 7.59. The van der Waals surface area contributed by atoms with E-state index in [9.17, 15) is 13.2 Å². The lowest BCUT2D eigenvalue weighted by atomic mass is 10.3. The Labute approximate surface area is 115 Å². The summed E-state index contributed by atoms with van der Waals surface area (Å²) in [5.74, 6) is 0. The monoisotopic (exact) mass is 295 g/mol. The van der Waals surface area contributed by atoms with Crippen LogP contribution in [-0.2, 0) is 14.8 Å². The molecule has 7 nitrogen and oxygen atoms in total. The molecule has 8 heteroatoms. The third-order valence-electron chi connectivity index (χ3n) is 3.22. The maximum absolute atomic E-state index is 12.6. The molecule has 2 aromatic heterocycles. The highest BCUT2D eigenvalue weighted by Gasteiger charge is 2.32. The number of hydrogen-bond acceptors (Lipinski definition) is 5. The van der Waals surface area contributed by atoms with E-state index in [1.54, 1.807) is 24.4 Å². The van der Waals surface area contributed by atoms with Crippen molar-refractivity contribution < 1.29 is 17.9 Å². The number of aldehydes is 1. The number of fused-ring (bicyclic) bond motifs is 1. The average Bonchev–Trinajstić information content (AvgIpc) is 2.87. The number of carbonyl (C=O) groups is 1. The summed E-state index contributed by atoms with van der Waals surface area (Å²) in [6.07, 6.45) is 2.15. The van der Waals surface area contributed by atoms with Crippen LogP contribution in [-0.4, -0.2) is 54.9 Å². The van der Waals surface area contributed by atoms with Gasteiger partial charge in [0.15, 0.2) is 6.29 Å². The Morgan fingerprint density at radius 3 is 2.70 bits per heavy atom. The number of sulfonamides is 1. The summed E-state index contributed by atoms with van der Waals surface area (Å²) in [6, 6.07) is 5.12. The molecule has 1 aliphatic rings. The van der Waals surface area contributed by atoms with Crippen LogP contribution >= 0.6 is 0 Å². The second-order valence-corrected chi connectivity index (χ2v) is 6.24. The minimum atomic E-state index is -3.78. The molecule has 0 atom stereocenters. The standard InChI is InChI=1S/C12H13N3O4S/c16-9-10-11-3-1-2-4-15(11)13-12(10)20(17,18)14-5-7-19-8-6-14/h1-4,9H,5-8H2. The molecule has 0 spiro atoms. The van der Waals surface area contributed by atoms with Crippen LogP contribution in [0.2, 0.25) is 0 Å². The highest BCUT2D eigenvalue weighted by atomic mass is 32.2. The molecule has 0 saturated carbocycles. The summed E-state index contributed by atoms with van der Waals surface area (Å²) in [6.45, 7) is 1.25. The maximum atomic E-state index is 12.6. The Morgan fingerprint density at radius 2 is 2.00 bits per heavy atom. The topological polar surface area (TPSA) is 81.0 Å². The zero-order valence-electron chi connectivity index (χ0n) is 10.6. The number of carbonyl (C=O) groups excluding carboxylic acids is 1. The summed E-state index contributed by atoms with van der Waals surface area (Å²) in [5, 5.41) is 3.85. The van der Waals surface area contributed by atoms with Crippen LogP contribution in [0.4, 0.5) is 0 Å². The molecule has 1 saturated heterocycles. The molecule has 106 valence electrons. The molecule has 1 aliphatic heterocycles. The fourth-order valence-electron chi connectivity index (χ4n) is 2.21. The summed E-state index contributed by atoms with van der Waals surface area (Å²) >= 11 is 0. The fourth-order valence-corrected chi connectivity index (χ4v) is 3.70. The lowest BCUT2D eigenvalue weighted by Crippen LogP contribution is -2.41. The van der Waals surface area contributed by atoms with E-state index in [0.29, 0.717) is 25.0 Å². The first-order valence-electron chi connectivity index (χ1n) is 6.15. The number of morpholine rings is 1. The number of ether oxygens (including phenoxy) is 1. The average molecular weight is 295 g/mol. The summed E-state index contributed by atoms with van der Waals surface area (Å²) in [5.41, 5.74) is 0.575. The van der Waals surface area contributed by atoms with Crippen molar-refractivity contribution in [3.8, 4) is 0 Å². The zero-order chi connectivity index (χ0) is 14.2. The lowest BCUT2D eigenvalue weighted by Gasteiger charge is -2.25. The van der Waals surface area contributed by atoms with Crippen molar-refractivity contribution in [2.45, 2.75) is 5.03 Å². The number of nitrogens with zero attached hydrogens (tertiary/aromatic N) is 3. The number of rotatable bonds is 3. The van der Waals surface area contributed by atoms with Gasteiger partial charge < -0.3 is 4.74 Å². The SMILES string of the molecule is O=Cc1c(S(=O)(=O)N2CCOCC2)nn2ccccc12. The molecular weight excluding hydrogens is 282 g/mol. The van der Waals surface area contributed by atoms with E-state index in [0.717, 1.165) is 0 Å². The van der Waals surface area contributed by atoms with E-state index < -0.39 is 10.0 Å². The van der Waals surface area contributed by atoms with Crippen molar-refractivity contribution in [3.05, 3.63) is 30.0 Å². The second-order valence-electron chi connectivity index (χ2n) is 4.38. The Morgan fingerprint density at radius 1 is 1.25 bits per heavy atom. The van der Waals surface area contributed by atoms with Gasteiger partial charge in [-0.3, -0.25) is 4.79 Å². The molecule has 3 rings (SSSR count). The Hall–Kier alpha value is -1.77. The van der Waals surface area contributed by atoms with E-state index >= 15 is 0 Å². The normalized spacial score (nSPS) is 17.4. The molecule has 3 heterocycles. The first kappa shape index (κ1) is 13.2. The van der Waals surface area contributed by atoms with Gasteiger partial charge in [0, 0.05) is 19.3 Å². The highest BCUT2D eigenvalue weighted by Crippen LogP contribution is 2.22. The Bertz CT molecular complexity index is 747. The van der Waals surface area contributed by atoms with Crippen molar-refractivity contribution >= 4 is 21.8 Å². The number of aromatic nitrogens is 2. The van der Waals surface area contributed by atoms with E-state index in [-0.39, 0.29) is 23.7 Å². The van der Waals surface area contributed by atoms with Gasteiger partial charge in [-0.05, 0) is 12.1 Å². The van der Waals surface area contributed by atoms with E-state index in [2.05, 4.69) is 5.10 Å². The third kappa shape index (κ3) is 2.01. The summed E-state index contributed by atoms with van der Waals surface area (Å²) in [4.78, 5) is 11.3. The predicted molar refractivity (Wildman–Crippen MR) is 70.2 cm³/mol. The smallest absolute Gasteiger partial charge is 0.263 e. The van der Waals surface area contributed by atoms with Crippen molar-refractivity contribution in [3.63, 3.8) is 0 Å². The molecular formula is C12H13N3O4S. The summed E-state index contributed by atoms with van der Waals surface area (Å²) < 4.78 is 33.0. The maximum Gasteiger partial charge on any atom is 0.263 e. The molecule has 20 heavy (non-hydrogen) atoms. The molecule has 0 radical (unpaired) electrons. The van der Waals surface area contributed by atoms with Crippen LogP contribution in [0.1, 0.15) is 10.4 Å². The summed E-state index contributed by atoms with van der Waals surface area (Å²) in [7, 11) is -3.78. The van der Waals surface area contributed by atoms with Crippen molar-refractivity contribution in [1.29, 1.82) is 0 Å². The van der Waals surface area contributed by atoms with Gasteiger partial charge in [-0.25, -0.2) is 12.9 Å². The first-order chi connectivity index (χ1) is 9.64. The predicted octanol–water partition coefficient (Wildman–Crippen LogP) is 0.168. The van der Waals surface area contributed by atoms with Crippen LogP contribution in [0.25, 0.3) is 5.52 Å². The molecule has 0 bridgehead atoms. The second kappa shape index (κ2) is 4.97. The quantitative estimate of drug-likeness (QED) is 0.754. The largest absolute Gasteiger partial charge is 0.379 e. The van der Waals surface area contributed by atoms with Gasteiger partial charge in [0.2, 0.25) is 5.03 Å². The molecule has 1 fully saturated rings. The van der Waals surface area contributed by atoms with E-state index in [1.807, 2.05) is 0 Å². The van der Waals surface area contributed by atoms with Crippen LogP contribution in [0, 0.1) is 0 Å². The van der Waals surface area contributed by atoms with Crippen LogP contribution in [0.15, 0.2) is 29.4 Å². The van der Waals surface area contributed by atoms with Gasteiger partial charge in [0.05, 0.1) is 24.3 Å².